The Morgan fingerprint density at radius 2 is 1.97 bits per heavy atom. The molecule has 2 aromatic heterocycles. The van der Waals surface area contributed by atoms with E-state index in [0.29, 0.717) is 18.5 Å². The van der Waals surface area contributed by atoms with Crippen LogP contribution in [0.1, 0.15) is 54.7 Å². The van der Waals surface area contributed by atoms with E-state index in [4.69, 9.17) is 9.90 Å². The maximum Gasteiger partial charge on any atom is 0.290 e. The molecule has 0 bridgehead atoms. The first-order chi connectivity index (χ1) is 15.5. The molecule has 172 valence electrons. The van der Waals surface area contributed by atoms with Gasteiger partial charge in [0.15, 0.2) is 0 Å². The fourth-order valence-corrected chi connectivity index (χ4v) is 4.92. The van der Waals surface area contributed by atoms with Crippen molar-refractivity contribution in [3.05, 3.63) is 48.0 Å². The Kier molecular flexibility index (Phi) is 7.97. The van der Waals surface area contributed by atoms with Gasteiger partial charge in [0.1, 0.15) is 5.69 Å². The molecule has 2 aliphatic rings. The van der Waals surface area contributed by atoms with Crippen LogP contribution >= 0.6 is 0 Å². The Bertz CT molecular complexity index is 906. The number of hydrogen-bond acceptors (Lipinski definition) is 5. The molecule has 1 atom stereocenters. The fourth-order valence-electron chi connectivity index (χ4n) is 4.92. The number of piperidine rings is 1. The highest BCUT2D eigenvalue weighted by atomic mass is 16.3. The minimum atomic E-state index is -0.250. The van der Waals surface area contributed by atoms with E-state index >= 15 is 0 Å². The lowest BCUT2D eigenvalue weighted by molar-refractivity contribution is -0.123. The van der Waals surface area contributed by atoms with E-state index in [1.807, 2.05) is 34.8 Å². The number of hydrogen-bond donors (Lipinski definition) is 2. The van der Waals surface area contributed by atoms with Gasteiger partial charge >= 0.3 is 0 Å². The number of likely N-dealkylation sites (tertiary alicyclic amines) is 1. The van der Waals surface area contributed by atoms with Crippen LogP contribution in [-0.4, -0.2) is 62.2 Å². The fraction of sp³-hybridized carbons (Fsp3) is 0.522. The molecule has 4 rings (SSSR count). The van der Waals surface area contributed by atoms with Crippen LogP contribution in [0.15, 0.2) is 36.7 Å². The van der Waals surface area contributed by atoms with Crippen LogP contribution < -0.4 is 5.32 Å². The summed E-state index contributed by atoms with van der Waals surface area (Å²) in [7, 11) is 1.90. The minimum absolute atomic E-state index is 0.00945. The van der Waals surface area contributed by atoms with Gasteiger partial charge in [-0.3, -0.25) is 24.0 Å². The van der Waals surface area contributed by atoms with Crippen LogP contribution in [0.5, 0.6) is 0 Å². The Morgan fingerprint density at radius 3 is 2.59 bits per heavy atom. The van der Waals surface area contributed by atoms with E-state index in [1.165, 1.54) is 0 Å². The average molecular weight is 442 g/mol. The highest BCUT2D eigenvalue weighted by Crippen LogP contribution is 2.46. The van der Waals surface area contributed by atoms with Crippen LogP contribution in [0.25, 0.3) is 0 Å². The number of aromatic nitrogens is 3. The molecule has 0 radical (unpaired) electrons. The monoisotopic (exact) mass is 441 g/mol. The number of rotatable bonds is 5. The molecule has 1 spiro atoms. The Labute approximate surface area is 187 Å². The van der Waals surface area contributed by atoms with Crippen LogP contribution in [0.4, 0.5) is 0 Å². The number of carbonyl (C=O) groups is 3. The summed E-state index contributed by atoms with van der Waals surface area (Å²) in [6, 6.07) is 7.61. The van der Waals surface area contributed by atoms with E-state index < -0.39 is 0 Å². The summed E-state index contributed by atoms with van der Waals surface area (Å²) in [6.07, 6.45) is 9.80. The van der Waals surface area contributed by atoms with E-state index in [9.17, 15) is 9.59 Å². The first-order valence-electron chi connectivity index (χ1n) is 11.0. The van der Waals surface area contributed by atoms with Crippen LogP contribution in [0.3, 0.4) is 0 Å². The van der Waals surface area contributed by atoms with Gasteiger partial charge in [0.05, 0.1) is 0 Å². The largest absolute Gasteiger partial charge is 0.483 e. The minimum Gasteiger partial charge on any atom is -0.483 e. The summed E-state index contributed by atoms with van der Waals surface area (Å²) in [5.41, 5.74) is 1.71. The normalized spacial score (nSPS) is 19.2. The quantitative estimate of drug-likeness (QED) is 0.686. The third-order valence-electron chi connectivity index (χ3n) is 6.70. The van der Waals surface area contributed by atoms with E-state index in [1.54, 1.807) is 18.5 Å². The van der Waals surface area contributed by atoms with Gasteiger partial charge in [0, 0.05) is 50.7 Å². The molecule has 3 heterocycles. The lowest BCUT2D eigenvalue weighted by atomic mass is 9.74. The second-order valence-corrected chi connectivity index (χ2v) is 8.43. The molecule has 2 fully saturated rings. The maximum atomic E-state index is 12.7. The first-order valence-corrected chi connectivity index (χ1v) is 11.0. The number of amides is 2. The molecule has 0 aromatic carbocycles. The van der Waals surface area contributed by atoms with Gasteiger partial charge < -0.3 is 15.3 Å². The molecule has 32 heavy (non-hydrogen) atoms. The number of aryl methyl sites for hydroxylation is 2. The van der Waals surface area contributed by atoms with E-state index in [0.717, 1.165) is 50.9 Å². The van der Waals surface area contributed by atoms with Crippen molar-refractivity contribution >= 4 is 18.3 Å². The predicted octanol–water partition coefficient (Wildman–Crippen LogP) is 2.04. The molecule has 9 nitrogen and oxygen atoms in total. The summed E-state index contributed by atoms with van der Waals surface area (Å²) < 4.78 is 1.82. The number of carboxylic acid groups (broad SMARTS) is 1. The smallest absolute Gasteiger partial charge is 0.290 e. The second kappa shape index (κ2) is 10.9. The summed E-state index contributed by atoms with van der Waals surface area (Å²) in [4.78, 5) is 39.7. The van der Waals surface area contributed by atoms with Crippen LogP contribution in [0.2, 0.25) is 0 Å². The van der Waals surface area contributed by atoms with Gasteiger partial charge in [-0.2, -0.15) is 5.10 Å². The van der Waals surface area contributed by atoms with Crippen molar-refractivity contribution in [1.82, 2.24) is 25.0 Å². The van der Waals surface area contributed by atoms with Gasteiger partial charge in [-0.15, -0.1) is 0 Å². The van der Waals surface area contributed by atoms with Crippen molar-refractivity contribution in [2.75, 3.05) is 13.1 Å². The number of nitrogens with one attached hydrogen (secondary N) is 1. The van der Waals surface area contributed by atoms with E-state index in [2.05, 4.69) is 15.4 Å². The molecule has 2 N–H and O–H groups in total. The Balaban J connectivity index is 0.000000913. The molecule has 2 aromatic rings. The highest BCUT2D eigenvalue weighted by Gasteiger charge is 2.45. The summed E-state index contributed by atoms with van der Waals surface area (Å²) in [6.45, 7) is 1.22. The third-order valence-corrected chi connectivity index (χ3v) is 6.70. The number of pyridine rings is 1. The molecule has 1 saturated carbocycles. The summed E-state index contributed by atoms with van der Waals surface area (Å²) in [5.74, 6) is 0.125. The van der Waals surface area contributed by atoms with Gasteiger partial charge in [-0.05, 0) is 55.7 Å². The molecule has 1 unspecified atom stereocenters. The zero-order valence-corrected chi connectivity index (χ0v) is 18.4. The first kappa shape index (κ1) is 23.4. The van der Waals surface area contributed by atoms with Crippen LogP contribution in [-0.2, 0) is 23.1 Å². The molecule has 9 heteroatoms. The Hall–Kier alpha value is -3.23. The zero-order valence-electron chi connectivity index (χ0n) is 18.4. The topological polar surface area (TPSA) is 117 Å². The van der Waals surface area contributed by atoms with Gasteiger partial charge in [-0.25, -0.2) is 0 Å². The summed E-state index contributed by atoms with van der Waals surface area (Å²) in [5, 5.41) is 14.4. The van der Waals surface area contributed by atoms with Crippen molar-refractivity contribution < 1.29 is 19.5 Å². The van der Waals surface area contributed by atoms with Gasteiger partial charge in [0.2, 0.25) is 5.91 Å². The molecular formula is C23H31N5O4. The predicted molar refractivity (Wildman–Crippen MR) is 118 cm³/mol. The highest BCUT2D eigenvalue weighted by molar-refractivity contribution is 5.92. The maximum absolute atomic E-state index is 12.7. The number of nitrogens with zero attached hydrogens (tertiary/aromatic N) is 4. The molecule has 1 aliphatic heterocycles. The zero-order chi connectivity index (χ0) is 23.0. The molecule has 1 aliphatic carbocycles. The second-order valence-electron chi connectivity index (χ2n) is 8.43. The third kappa shape index (κ3) is 5.52. The van der Waals surface area contributed by atoms with Crippen LogP contribution in [0, 0.1) is 5.41 Å². The molecular weight excluding hydrogens is 410 g/mol. The Morgan fingerprint density at radius 1 is 1.22 bits per heavy atom. The molecule has 1 saturated heterocycles. The van der Waals surface area contributed by atoms with Crippen molar-refractivity contribution in [1.29, 1.82) is 0 Å². The van der Waals surface area contributed by atoms with Crippen molar-refractivity contribution in [2.24, 2.45) is 12.5 Å². The van der Waals surface area contributed by atoms with Crippen molar-refractivity contribution in [3.8, 4) is 0 Å². The standard InChI is InChI=1S/C22H29N5O2.CH2O2/c1-26-17(9-14-24-26)7-8-20(28)25-19-6-4-10-22(19)11-15-27(16-12-22)21(29)18-5-2-3-13-23-18;2-1-3/h2-3,5,9,13-14,19H,4,6-8,10-12,15-16H2,1H3,(H,25,28);1H,(H,2,3). The van der Waals surface area contributed by atoms with E-state index in [-0.39, 0.29) is 29.7 Å². The lowest BCUT2D eigenvalue weighted by Gasteiger charge is -2.43. The number of carbonyl (C=O) groups excluding carboxylic acids is 2. The molecule has 2 amide bonds. The SMILES string of the molecule is Cn1nccc1CCC(=O)NC1CCCC12CCN(C(=O)c1ccccn1)CC2.O=CO. The summed E-state index contributed by atoms with van der Waals surface area (Å²) >= 11 is 0. The van der Waals surface area contributed by atoms with Crippen molar-refractivity contribution in [3.63, 3.8) is 0 Å². The lowest BCUT2D eigenvalue weighted by Crippen LogP contribution is -2.51. The average Bonchev–Trinajstić information content (AvgIpc) is 3.39. The van der Waals surface area contributed by atoms with Crippen molar-refractivity contribution in [2.45, 2.75) is 51.0 Å². The van der Waals surface area contributed by atoms with Gasteiger partial charge in [-0.1, -0.05) is 12.5 Å². The van der Waals surface area contributed by atoms with Gasteiger partial charge in [0.25, 0.3) is 12.4 Å².